The van der Waals surface area contributed by atoms with Crippen LogP contribution in [0, 0.1) is 19.7 Å². The number of benzene rings is 2. The highest BCUT2D eigenvalue weighted by Crippen LogP contribution is 2.26. The Hall–Kier alpha value is -2.99. The summed E-state index contributed by atoms with van der Waals surface area (Å²) in [4.78, 5) is 26.1. The van der Waals surface area contributed by atoms with Gasteiger partial charge in [-0.25, -0.2) is 14.4 Å². The summed E-state index contributed by atoms with van der Waals surface area (Å²) in [6, 6.07) is 13.7. The van der Waals surface area contributed by atoms with Gasteiger partial charge in [0.15, 0.2) is 0 Å². The van der Waals surface area contributed by atoms with Gasteiger partial charge >= 0.3 is 0 Å². The van der Waals surface area contributed by atoms with Crippen molar-refractivity contribution in [2.45, 2.75) is 20.3 Å². The van der Waals surface area contributed by atoms with Crippen molar-refractivity contribution in [3.8, 4) is 0 Å². The molecule has 1 aliphatic rings. The summed E-state index contributed by atoms with van der Waals surface area (Å²) in [6.07, 6.45) is 0.554. The molecule has 0 unspecified atom stereocenters. The summed E-state index contributed by atoms with van der Waals surface area (Å²) >= 11 is 6.21. The minimum Gasteiger partial charge on any atom is -0.353 e. The Kier molecular flexibility index (Phi) is 6.18. The van der Waals surface area contributed by atoms with Crippen molar-refractivity contribution in [2.24, 2.45) is 0 Å². The van der Waals surface area contributed by atoms with Gasteiger partial charge in [0.2, 0.25) is 0 Å². The van der Waals surface area contributed by atoms with Crippen LogP contribution in [0.15, 0.2) is 48.5 Å². The summed E-state index contributed by atoms with van der Waals surface area (Å²) in [5, 5.41) is 0.467. The first kappa shape index (κ1) is 21.2. The van der Waals surface area contributed by atoms with Gasteiger partial charge in [-0.3, -0.25) is 4.79 Å². The lowest BCUT2D eigenvalue weighted by atomic mass is 10.0. The minimum atomic E-state index is -0.253. The van der Waals surface area contributed by atoms with Crippen molar-refractivity contribution in [1.29, 1.82) is 0 Å². The molecule has 0 bridgehead atoms. The van der Waals surface area contributed by atoms with Crippen molar-refractivity contribution in [1.82, 2.24) is 14.9 Å². The second-order valence-corrected chi connectivity index (χ2v) is 8.13. The standard InChI is InChI=1S/C24H24ClFN4O/c1-16-21(15-18-6-5-7-19(26)14-18)23(28-17(2)27-16)29-10-12-30(13-11-29)24(31)20-8-3-4-9-22(20)25/h3-9,14H,10-13,15H2,1-2H3. The van der Waals surface area contributed by atoms with Crippen LogP contribution in [0.1, 0.15) is 33.0 Å². The number of aryl methyl sites for hydroxylation is 2. The minimum absolute atomic E-state index is 0.0553. The summed E-state index contributed by atoms with van der Waals surface area (Å²) in [5.74, 6) is 1.25. The molecule has 0 N–H and O–H groups in total. The van der Waals surface area contributed by atoms with Gasteiger partial charge in [-0.05, 0) is 43.7 Å². The molecule has 2 heterocycles. The Morgan fingerprint density at radius 2 is 1.77 bits per heavy atom. The molecule has 0 radical (unpaired) electrons. The lowest BCUT2D eigenvalue weighted by molar-refractivity contribution is 0.0746. The molecule has 3 aromatic rings. The average Bonchev–Trinajstić information content (AvgIpc) is 2.75. The van der Waals surface area contributed by atoms with Gasteiger partial charge in [-0.1, -0.05) is 35.9 Å². The van der Waals surface area contributed by atoms with E-state index in [-0.39, 0.29) is 11.7 Å². The zero-order valence-electron chi connectivity index (χ0n) is 17.6. The Balaban J connectivity index is 1.54. The smallest absolute Gasteiger partial charge is 0.255 e. The molecule has 7 heteroatoms. The fraction of sp³-hybridized carbons (Fsp3) is 0.292. The third kappa shape index (κ3) is 4.69. The highest BCUT2D eigenvalue weighted by Gasteiger charge is 2.26. The van der Waals surface area contributed by atoms with E-state index in [1.165, 1.54) is 6.07 Å². The molecule has 1 aromatic heterocycles. The monoisotopic (exact) mass is 438 g/mol. The molecule has 1 saturated heterocycles. The second kappa shape index (κ2) is 9.02. The number of rotatable bonds is 4. The predicted octanol–water partition coefficient (Wildman–Crippen LogP) is 4.44. The first-order chi connectivity index (χ1) is 14.9. The predicted molar refractivity (Wildman–Crippen MR) is 120 cm³/mol. The van der Waals surface area contributed by atoms with E-state index in [1.54, 1.807) is 24.3 Å². The molecule has 2 aromatic carbocycles. The van der Waals surface area contributed by atoms with Crippen molar-refractivity contribution < 1.29 is 9.18 Å². The molecular formula is C24H24ClFN4O. The fourth-order valence-corrected chi connectivity index (χ4v) is 4.18. The van der Waals surface area contributed by atoms with Gasteiger partial charge in [0, 0.05) is 43.9 Å². The van der Waals surface area contributed by atoms with E-state index in [4.69, 9.17) is 16.6 Å². The zero-order chi connectivity index (χ0) is 22.0. The number of amides is 1. The lowest BCUT2D eigenvalue weighted by Crippen LogP contribution is -2.49. The molecule has 160 valence electrons. The highest BCUT2D eigenvalue weighted by molar-refractivity contribution is 6.33. The maximum absolute atomic E-state index is 13.7. The van der Waals surface area contributed by atoms with Crippen LogP contribution in [0.4, 0.5) is 10.2 Å². The second-order valence-electron chi connectivity index (χ2n) is 7.72. The zero-order valence-corrected chi connectivity index (χ0v) is 18.4. The number of hydrogen-bond donors (Lipinski definition) is 0. The topological polar surface area (TPSA) is 49.3 Å². The average molecular weight is 439 g/mol. The van der Waals surface area contributed by atoms with Crippen molar-refractivity contribution in [3.05, 3.63) is 87.6 Å². The van der Waals surface area contributed by atoms with E-state index < -0.39 is 0 Å². The molecular weight excluding hydrogens is 415 g/mol. The van der Waals surface area contributed by atoms with Crippen LogP contribution in [0.3, 0.4) is 0 Å². The third-order valence-electron chi connectivity index (χ3n) is 5.54. The summed E-state index contributed by atoms with van der Waals surface area (Å²) in [5.41, 5.74) is 3.28. The Morgan fingerprint density at radius 3 is 2.48 bits per heavy atom. The van der Waals surface area contributed by atoms with E-state index in [0.29, 0.717) is 49.0 Å². The number of aromatic nitrogens is 2. The molecule has 1 aliphatic heterocycles. The van der Waals surface area contributed by atoms with Gasteiger partial charge in [-0.15, -0.1) is 0 Å². The van der Waals surface area contributed by atoms with Crippen LogP contribution in [-0.4, -0.2) is 47.0 Å². The molecule has 0 atom stereocenters. The molecule has 0 aliphatic carbocycles. The molecule has 31 heavy (non-hydrogen) atoms. The van der Waals surface area contributed by atoms with Crippen LogP contribution in [0.2, 0.25) is 5.02 Å². The van der Waals surface area contributed by atoms with E-state index in [0.717, 1.165) is 22.6 Å². The van der Waals surface area contributed by atoms with Crippen LogP contribution in [0.5, 0.6) is 0 Å². The highest BCUT2D eigenvalue weighted by atomic mass is 35.5. The Morgan fingerprint density at radius 1 is 1.03 bits per heavy atom. The van der Waals surface area contributed by atoms with Crippen LogP contribution in [0.25, 0.3) is 0 Å². The van der Waals surface area contributed by atoms with E-state index in [9.17, 15) is 9.18 Å². The van der Waals surface area contributed by atoms with Gasteiger partial charge in [0.25, 0.3) is 5.91 Å². The maximum Gasteiger partial charge on any atom is 0.255 e. The largest absolute Gasteiger partial charge is 0.353 e. The quantitative estimate of drug-likeness (QED) is 0.604. The molecule has 0 saturated carbocycles. The summed E-state index contributed by atoms with van der Waals surface area (Å²) < 4.78 is 13.7. The number of anilines is 1. The van der Waals surface area contributed by atoms with Gasteiger partial charge in [0.1, 0.15) is 17.5 Å². The van der Waals surface area contributed by atoms with E-state index in [1.807, 2.05) is 36.9 Å². The first-order valence-electron chi connectivity index (χ1n) is 10.3. The third-order valence-corrected chi connectivity index (χ3v) is 5.87. The number of carbonyl (C=O) groups excluding carboxylic acids is 1. The molecule has 5 nitrogen and oxygen atoms in total. The molecule has 1 fully saturated rings. The van der Waals surface area contributed by atoms with Gasteiger partial charge < -0.3 is 9.80 Å². The number of nitrogens with zero attached hydrogens (tertiary/aromatic N) is 4. The van der Waals surface area contributed by atoms with Crippen molar-refractivity contribution >= 4 is 23.3 Å². The van der Waals surface area contributed by atoms with Crippen LogP contribution >= 0.6 is 11.6 Å². The number of halogens is 2. The van der Waals surface area contributed by atoms with Crippen molar-refractivity contribution in [3.63, 3.8) is 0 Å². The van der Waals surface area contributed by atoms with Crippen LogP contribution in [-0.2, 0) is 6.42 Å². The van der Waals surface area contributed by atoms with Crippen LogP contribution < -0.4 is 4.90 Å². The number of hydrogen-bond acceptors (Lipinski definition) is 4. The Bertz CT molecular complexity index is 1110. The number of piperazine rings is 1. The summed E-state index contributed by atoms with van der Waals surface area (Å²) in [6.45, 7) is 6.30. The molecule has 1 amide bonds. The fourth-order valence-electron chi connectivity index (χ4n) is 3.96. The SMILES string of the molecule is Cc1nc(C)c(Cc2cccc(F)c2)c(N2CCN(C(=O)c3ccccc3Cl)CC2)n1. The maximum atomic E-state index is 13.7. The molecule has 0 spiro atoms. The van der Waals surface area contributed by atoms with Gasteiger partial charge in [-0.2, -0.15) is 0 Å². The lowest BCUT2D eigenvalue weighted by Gasteiger charge is -2.36. The van der Waals surface area contributed by atoms with Crippen molar-refractivity contribution in [2.75, 3.05) is 31.1 Å². The Labute approximate surface area is 186 Å². The first-order valence-corrected chi connectivity index (χ1v) is 10.7. The number of carbonyl (C=O) groups is 1. The normalized spacial score (nSPS) is 14.1. The van der Waals surface area contributed by atoms with Gasteiger partial charge in [0.05, 0.1) is 10.6 Å². The van der Waals surface area contributed by atoms with E-state index in [2.05, 4.69) is 9.88 Å². The molecule has 4 rings (SSSR count). The van der Waals surface area contributed by atoms with E-state index >= 15 is 0 Å². The summed E-state index contributed by atoms with van der Waals surface area (Å²) in [7, 11) is 0.